The van der Waals surface area contributed by atoms with Crippen molar-refractivity contribution >= 4 is 27.5 Å². The molecule has 1 N–H and O–H groups in total. The third kappa shape index (κ3) is 5.08. The second-order valence-corrected chi connectivity index (χ2v) is 7.78. The van der Waals surface area contributed by atoms with Gasteiger partial charge in [-0.25, -0.2) is 0 Å². The van der Waals surface area contributed by atoms with Crippen molar-refractivity contribution in [1.29, 1.82) is 0 Å². The summed E-state index contributed by atoms with van der Waals surface area (Å²) in [5.74, 6) is 1.27. The lowest BCUT2D eigenvalue weighted by Gasteiger charge is -2.18. The van der Waals surface area contributed by atoms with E-state index >= 15 is 0 Å². The average Bonchev–Trinajstić information content (AvgIpc) is 2.55. The first kappa shape index (κ1) is 19.5. The van der Waals surface area contributed by atoms with Crippen LogP contribution in [0.1, 0.15) is 56.2 Å². The van der Waals surface area contributed by atoms with Crippen LogP contribution in [0.5, 0.6) is 5.75 Å². The van der Waals surface area contributed by atoms with Gasteiger partial charge in [0.2, 0.25) is 0 Å². The Morgan fingerprint density at radius 2 is 1.76 bits per heavy atom. The molecule has 0 aromatic heterocycles. The van der Waals surface area contributed by atoms with Crippen LogP contribution in [-0.4, -0.2) is 12.5 Å². The van der Waals surface area contributed by atoms with Gasteiger partial charge in [0, 0.05) is 10.2 Å². The normalized spacial score (nSPS) is 11.0. The highest BCUT2D eigenvalue weighted by Crippen LogP contribution is 2.30. The first-order valence-electron chi connectivity index (χ1n) is 8.61. The lowest BCUT2D eigenvalue weighted by Crippen LogP contribution is -2.22. The molecule has 2 rings (SSSR count). The Morgan fingerprint density at radius 3 is 2.40 bits per heavy atom. The van der Waals surface area contributed by atoms with Crippen LogP contribution in [0.25, 0.3) is 0 Å². The van der Waals surface area contributed by atoms with Gasteiger partial charge in [-0.15, -0.1) is 0 Å². The molecule has 0 bridgehead atoms. The molecule has 134 valence electrons. The molecule has 0 fully saturated rings. The van der Waals surface area contributed by atoms with Crippen LogP contribution < -0.4 is 10.1 Å². The van der Waals surface area contributed by atoms with Crippen molar-refractivity contribution in [1.82, 2.24) is 0 Å². The number of rotatable bonds is 6. The third-order valence-electron chi connectivity index (χ3n) is 4.14. The van der Waals surface area contributed by atoms with Crippen molar-refractivity contribution in [2.45, 2.75) is 46.5 Å². The Morgan fingerprint density at radius 1 is 1.08 bits per heavy atom. The summed E-state index contributed by atoms with van der Waals surface area (Å²) in [6, 6.07) is 12.0. The van der Waals surface area contributed by atoms with E-state index in [0.717, 1.165) is 32.6 Å². The van der Waals surface area contributed by atoms with Crippen LogP contribution in [0, 0.1) is 6.92 Å². The van der Waals surface area contributed by atoms with Crippen molar-refractivity contribution in [3.8, 4) is 5.75 Å². The van der Waals surface area contributed by atoms with Crippen molar-refractivity contribution < 1.29 is 9.53 Å². The number of amides is 1. The van der Waals surface area contributed by atoms with Gasteiger partial charge in [0.25, 0.3) is 5.91 Å². The number of hydrogen-bond acceptors (Lipinski definition) is 2. The Balaban J connectivity index is 2.10. The molecule has 0 aliphatic heterocycles. The third-order valence-corrected chi connectivity index (χ3v) is 4.64. The van der Waals surface area contributed by atoms with E-state index < -0.39 is 0 Å². The van der Waals surface area contributed by atoms with Crippen molar-refractivity contribution in [2.24, 2.45) is 0 Å². The topological polar surface area (TPSA) is 38.3 Å². The average molecular weight is 404 g/mol. The predicted molar refractivity (Wildman–Crippen MR) is 108 cm³/mol. The largest absolute Gasteiger partial charge is 0.483 e. The number of ether oxygens (including phenoxy) is 1. The highest BCUT2D eigenvalue weighted by Gasteiger charge is 2.14. The van der Waals surface area contributed by atoms with E-state index in [1.165, 1.54) is 0 Å². The molecule has 4 heteroatoms. The number of carbonyl (C=O) groups is 1. The van der Waals surface area contributed by atoms with E-state index in [9.17, 15) is 4.79 Å². The number of aryl methyl sites for hydroxylation is 1. The molecule has 2 aromatic carbocycles. The Labute approximate surface area is 158 Å². The Kier molecular flexibility index (Phi) is 6.65. The molecule has 0 aliphatic rings. The zero-order valence-electron chi connectivity index (χ0n) is 15.5. The van der Waals surface area contributed by atoms with Crippen LogP contribution >= 0.6 is 15.9 Å². The molecule has 0 heterocycles. The molecule has 2 aromatic rings. The quantitative estimate of drug-likeness (QED) is 0.639. The fraction of sp³-hybridized carbons (Fsp3) is 0.381. The van der Waals surface area contributed by atoms with Gasteiger partial charge in [0.1, 0.15) is 5.75 Å². The first-order chi connectivity index (χ1) is 11.8. The molecule has 25 heavy (non-hydrogen) atoms. The van der Waals surface area contributed by atoms with E-state index in [1.54, 1.807) is 0 Å². The molecule has 0 radical (unpaired) electrons. The molecule has 0 saturated carbocycles. The van der Waals surface area contributed by atoms with E-state index in [-0.39, 0.29) is 12.5 Å². The summed E-state index contributed by atoms with van der Waals surface area (Å²) in [6.45, 7) is 10.5. The van der Waals surface area contributed by atoms with E-state index in [0.29, 0.717) is 11.8 Å². The summed E-state index contributed by atoms with van der Waals surface area (Å²) in [7, 11) is 0. The van der Waals surface area contributed by atoms with Crippen LogP contribution in [-0.2, 0) is 4.79 Å². The van der Waals surface area contributed by atoms with Crippen molar-refractivity contribution in [3.63, 3.8) is 0 Å². The van der Waals surface area contributed by atoms with Gasteiger partial charge in [-0.2, -0.15) is 0 Å². The van der Waals surface area contributed by atoms with Gasteiger partial charge >= 0.3 is 0 Å². The Bertz CT molecular complexity index is 754. The number of carbonyl (C=O) groups excluding carboxylic acids is 1. The standard InChI is InChI=1S/C21H26BrNO2/c1-13(2)17-8-6-7-15(5)21(17)23-20(24)12-25-19-10-9-16(22)11-18(19)14(3)4/h6-11,13-14H,12H2,1-5H3,(H,23,24). The smallest absolute Gasteiger partial charge is 0.262 e. The van der Waals surface area contributed by atoms with Gasteiger partial charge in [-0.1, -0.05) is 61.8 Å². The lowest BCUT2D eigenvalue weighted by atomic mass is 9.98. The summed E-state index contributed by atoms with van der Waals surface area (Å²) < 4.78 is 6.80. The van der Waals surface area contributed by atoms with Gasteiger partial charge in [0.05, 0.1) is 0 Å². The van der Waals surface area contributed by atoms with E-state index in [1.807, 2.05) is 37.3 Å². The molecule has 1 amide bonds. The van der Waals surface area contributed by atoms with Crippen molar-refractivity contribution in [3.05, 3.63) is 57.6 Å². The maximum absolute atomic E-state index is 12.4. The number of anilines is 1. The van der Waals surface area contributed by atoms with Crippen LogP contribution in [0.4, 0.5) is 5.69 Å². The lowest BCUT2D eigenvalue weighted by molar-refractivity contribution is -0.118. The number of nitrogens with one attached hydrogen (secondary N) is 1. The molecular weight excluding hydrogens is 378 g/mol. The minimum absolute atomic E-state index is 0.00672. The second-order valence-electron chi connectivity index (χ2n) is 6.87. The maximum atomic E-state index is 12.4. The SMILES string of the molecule is Cc1cccc(C(C)C)c1NC(=O)COc1ccc(Br)cc1C(C)C. The molecule has 3 nitrogen and oxygen atoms in total. The summed E-state index contributed by atoms with van der Waals surface area (Å²) in [5.41, 5.74) is 4.18. The van der Waals surface area contributed by atoms with Gasteiger partial charge < -0.3 is 10.1 Å². The molecular formula is C21H26BrNO2. The number of hydrogen-bond donors (Lipinski definition) is 1. The van der Waals surface area contributed by atoms with Crippen molar-refractivity contribution in [2.75, 3.05) is 11.9 Å². The number of para-hydroxylation sites is 1. The highest BCUT2D eigenvalue weighted by molar-refractivity contribution is 9.10. The summed E-state index contributed by atoms with van der Waals surface area (Å²) in [6.07, 6.45) is 0. The van der Waals surface area contributed by atoms with Crippen LogP contribution in [0.15, 0.2) is 40.9 Å². The fourth-order valence-electron chi connectivity index (χ4n) is 2.76. The van der Waals surface area contributed by atoms with E-state index in [2.05, 4.69) is 55.0 Å². The highest BCUT2D eigenvalue weighted by atomic mass is 79.9. The van der Waals surface area contributed by atoms with E-state index in [4.69, 9.17) is 4.74 Å². The zero-order chi connectivity index (χ0) is 18.6. The number of halogens is 1. The minimum Gasteiger partial charge on any atom is -0.483 e. The zero-order valence-corrected chi connectivity index (χ0v) is 17.1. The summed E-state index contributed by atoms with van der Waals surface area (Å²) in [5, 5.41) is 3.02. The first-order valence-corrected chi connectivity index (χ1v) is 9.40. The minimum atomic E-state index is -0.145. The monoisotopic (exact) mass is 403 g/mol. The molecule has 0 spiro atoms. The molecule has 0 unspecified atom stereocenters. The van der Waals surface area contributed by atoms with Gasteiger partial charge in [-0.3, -0.25) is 4.79 Å². The predicted octanol–water partition coefficient (Wildman–Crippen LogP) is 6.02. The fourth-order valence-corrected chi connectivity index (χ4v) is 3.14. The summed E-state index contributed by atoms with van der Waals surface area (Å²) in [4.78, 5) is 12.4. The molecule has 0 saturated heterocycles. The van der Waals surface area contributed by atoms with Gasteiger partial charge in [-0.05, 0) is 53.6 Å². The maximum Gasteiger partial charge on any atom is 0.262 e. The summed E-state index contributed by atoms with van der Waals surface area (Å²) >= 11 is 3.48. The Hall–Kier alpha value is -1.81. The number of benzene rings is 2. The molecule has 0 atom stereocenters. The van der Waals surface area contributed by atoms with Gasteiger partial charge in [0.15, 0.2) is 6.61 Å². The molecule has 0 aliphatic carbocycles. The van der Waals surface area contributed by atoms with Crippen LogP contribution in [0.2, 0.25) is 0 Å². The second kappa shape index (κ2) is 8.52. The van der Waals surface area contributed by atoms with Crippen LogP contribution in [0.3, 0.4) is 0 Å².